The fourth-order valence-electron chi connectivity index (χ4n) is 3.30. The standard InChI is InChI=1S/C24H48O/c1-4-6-8-9-10-11-12-13-14-15-16-17-18-19-20-21-23-25-24(3)22-7-5-2/h7,22,24H,4-6,8-21,23H2,1-3H3. The lowest BCUT2D eigenvalue weighted by Crippen LogP contribution is -2.05. The summed E-state index contributed by atoms with van der Waals surface area (Å²) in [7, 11) is 0. The molecule has 150 valence electrons. The molecule has 0 radical (unpaired) electrons. The highest BCUT2D eigenvalue weighted by Crippen LogP contribution is 2.13. The lowest BCUT2D eigenvalue weighted by molar-refractivity contribution is 0.0937. The largest absolute Gasteiger partial charge is 0.374 e. The second-order valence-electron chi connectivity index (χ2n) is 7.72. The van der Waals surface area contributed by atoms with Crippen LogP contribution in [0.25, 0.3) is 0 Å². The highest BCUT2D eigenvalue weighted by Gasteiger charge is 1.97. The molecule has 0 rings (SSSR count). The fourth-order valence-corrected chi connectivity index (χ4v) is 3.30. The molecule has 0 aromatic rings. The summed E-state index contributed by atoms with van der Waals surface area (Å²) in [5, 5.41) is 0. The van der Waals surface area contributed by atoms with Crippen LogP contribution < -0.4 is 0 Å². The predicted octanol–water partition coefficient (Wildman–Crippen LogP) is 8.62. The van der Waals surface area contributed by atoms with E-state index < -0.39 is 0 Å². The number of unbranched alkanes of at least 4 members (excludes halogenated alkanes) is 15. The van der Waals surface area contributed by atoms with Crippen LogP contribution in [0.1, 0.15) is 130 Å². The molecule has 0 bridgehead atoms. The minimum atomic E-state index is 0.288. The highest BCUT2D eigenvalue weighted by molar-refractivity contribution is 4.86. The molecular formula is C24H48O. The van der Waals surface area contributed by atoms with Gasteiger partial charge in [-0.05, 0) is 19.8 Å². The van der Waals surface area contributed by atoms with Gasteiger partial charge in [-0.2, -0.15) is 0 Å². The van der Waals surface area contributed by atoms with E-state index >= 15 is 0 Å². The molecule has 0 aromatic heterocycles. The molecule has 0 heterocycles. The maximum absolute atomic E-state index is 5.78. The Morgan fingerprint density at radius 2 is 1.00 bits per heavy atom. The molecule has 0 aliphatic heterocycles. The van der Waals surface area contributed by atoms with Crippen LogP contribution in [-0.2, 0) is 4.74 Å². The number of hydrogen-bond donors (Lipinski definition) is 0. The molecule has 0 amide bonds. The second-order valence-corrected chi connectivity index (χ2v) is 7.72. The van der Waals surface area contributed by atoms with Crippen molar-refractivity contribution in [1.82, 2.24) is 0 Å². The Hall–Kier alpha value is -0.300. The van der Waals surface area contributed by atoms with Crippen LogP contribution in [0.2, 0.25) is 0 Å². The van der Waals surface area contributed by atoms with E-state index in [2.05, 4.69) is 32.9 Å². The van der Waals surface area contributed by atoms with Gasteiger partial charge in [0.25, 0.3) is 0 Å². The van der Waals surface area contributed by atoms with E-state index in [4.69, 9.17) is 4.74 Å². The number of rotatable bonds is 20. The molecule has 0 fully saturated rings. The van der Waals surface area contributed by atoms with Crippen LogP contribution in [0.3, 0.4) is 0 Å². The van der Waals surface area contributed by atoms with Gasteiger partial charge in [0.15, 0.2) is 0 Å². The first-order valence-electron chi connectivity index (χ1n) is 11.6. The summed E-state index contributed by atoms with van der Waals surface area (Å²) in [6, 6.07) is 0. The molecule has 0 aliphatic carbocycles. The topological polar surface area (TPSA) is 9.23 Å². The van der Waals surface area contributed by atoms with Crippen LogP contribution in [0, 0.1) is 0 Å². The average molecular weight is 353 g/mol. The third kappa shape index (κ3) is 21.7. The van der Waals surface area contributed by atoms with Crippen molar-refractivity contribution < 1.29 is 4.74 Å². The summed E-state index contributed by atoms with van der Waals surface area (Å²) in [5.74, 6) is 0. The van der Waals surface area contributed by atoms with Crippen molar-refractivity contribution in [2.75, 3.05) is 6.61 Å². The van der Waals surface area contributed by atoms with E-state index in [9.17, 15) is 0 Å². The first-order valence-corrected chi connectivity index (χ1v) is 11.6. The zero-order valence-corrected chi connectivity index (χ0v) is 17.9. The molecular weight excluding hydrogens is 304 g/mol. The Morgan fingerprint density at radius 3 is 1.40 bits per heavy atom. The normalized spacial score (nSPS) is 12.9. The monoisotopic (exact) mass is 352 g/mol. The zero-order valence-electron chi connectivity index (χ0n) is 17.9. The van der Waals surface area contributed by atoms with Crippen molar-refractivity contribution in [3.05, 3.63) is 12.2 Å². The molecule has 1 unspecified atom stereocenters. The lowest BCUT2D eigenvalue weighted by Gasteiger charge is -2.08. The molecule has 1 atom stereocenters. The maximum atomic E-state index is 5.78. The zero-order chi connectivity index (χ0) is 18.4. The molecule has 0 spiro atoms. The Labute approximate surface area is 160 Å². The molecule has 0 aromatic carbocycles. The maximum Gasteiger partial charge on any atom is 0.0727 e. The van der Waals surface area contributed by atoms with Crippen molar-refractivity contribution in [3.8, 4) is 0 Å². The number of hydrogen-bond acceptors (Lipinski definition) is 1. The van der Waals surface area contributed by atoms with Crippen LogP contribution in [0.15, 0.2) is 12.2 Å². The molecule has 25 heavy (non-hydrogen) atoms. The van der Waals surface area contributed by atoms with E-state index in [0.29, 0.717) is 0 Å². The van der Waals surface area contributed by atoms with Crippen LogP contribution in [0.4, 0.5) is 0 Å². The van der Waals surface area contributed by atoms with Gasteiger partial charge < -0.3 is 4.74 Å². The third-order valence-electron chi connectivity index (χ3n) is 5.02. The first-order chi connectivity index (χ1) is 12.3. The minimum absolute atomic E-state index is 0.288. The summed E-state index contributed by atoms with van der Waals surface area (Å²) in [5.41, 5.74) is 0. The Bertz CT molecular complexity index is 259. The Morgan fingerprint density at radius 1 is 0.600 bits per heavy atom. The number of allylic oxidation sites excluding steroid dienone is 1. The predicted molar refractivity (Wildman–Crippen MR) is 114 cm³/mol. The van der Waals surface area contributed by atoms with Gasteiger partial charge in [0.2, 0.25) is 0 Å². The van der Waals surface area contributed by atoms with Crippen molar-refractivity contribution >= 4 is 0 Å². The van der Waals surface area contributed by atoms with Gasteiger partial charge in [-0.1, -0.05) is 122 Å². The van der Waals surface area contributed by atoms with Crippen molar-refractivity contribution in [3.63, 3.8) is 0 Å². The smallest absolute Gasteiger partial charge is 0.0727 e. The van der Waals surface area contributed by atoms with Gasteiger partial charge in [-0.25, -0.2) is 0 Å². The summed E-state index contributed by atoms with van der Waals surface area (Å²) in [4.78, 5) is 0. The van der Waals surface area contributed by atoms with E-state index in [-0.39, 0.29) is 6.10 Å². The van der Waals surface area contributed by atoms with Crippen LogP contribution >= 0.6 is 0 Å². The van der Waals surface area contributed by atoms with Gasteiger partial charge >= 0.3 is 0 Å². The fraction of sp³-hybridized carbons (Fsp3) is 0.917. The average Bonchev–Trinajstić information content (AvgIpc) is 2.62. The molecule has 0 N–H and O–H groups in total. The van der Waals surface area contributed by atoms with E-state index in [0.717, 1.165) is 13.0 Å². The summed E-state index contributed by atoms with van der Waals surface area (Å²) >= 11 is 0. The minimum Gasteiger partial charge on any atom is -0.374 e. The third-order valence-corrected chi connectivity index (χ3v) is 5.02. The van der Waals surface area contributed by atoms with Gasteiger partial charge in [0.1, 0.15) is 0 Å². The lowest BCUT2D eigenvalue weighted by atomic mass is 10.0. The van der Waals surface area contributed by atoms with Gasteiger partial charge in [0, 0.05) is 6.61 Å². The van der Waals surface area contributed by atoms with Gasteiger partial charge in [-0.3, -0.25) is 0 Å². The van der Waals surface area contributed by atoms with E-state index in [1.807, 2.05) is 0 Å². The van der Waals surface area contributed by atoms with Crippen molar-refractivity contribution in [2.24, 2.45) is 0 Å². The van der Waals surface area contributed by atoms with E-state index in [1.54, 1.807) is 0 Å². The van der Waals surface area contributed by atoms with Crippen molar-refractivity contribution in [2.45, 2.75) is 136 Å². The van der Waals surface area contributed by atoms with Gasteiger partial charge in [0.05, 0.1) is 6.10 Å². The molecule has 1 nitrogen and oxygen atoms in total. The summed E-state index contributed by atoms with van der Waals surface area (Å²) in [6.45, 7) is 7.52. The number of ether oxygens (including phenoxy) is 1. The quantitative estimate of drug-likeness (QED) is 0.157. The highest BCUT2D eigenvalue weighted by atomic mass is 16.5. The molecule has 1 heteroatoms. The van der Waals surface area contributed by atoms with Crippen LogP contribution in [0.5, 0.6) is 0 Å². The second kappa shape index (κ2) is 21.7. The molecule has 0 saturated heterocycles. The Balaban J connectivity index is 3.06. The molecule has 0 saturated carbocycles. The van der Waals surface area contributed by atoms with Crippen molar-refractivity contribution in [1.29, 1.82) is 0 Å². The van der Waals surface area contributed by atoms with E-state index in [1.165, 1.54) is 103 Å². The van der Waals surface area contributed by atoms with Gasteiger partial charge in [-0.15, -0.1) is 0 Å². The SMILES string of the molecule is CCC=CC(C)OCCCCCCCCCCCCCCCCCC. The summed E-state index contributed by atoms with van der Waals surface area (Å²) < 4.78 is 5.78. The summed E-state index contributed by atoms with van der Waals surface area (Å²) in [6.07, 6.45) is 28.5. The Kier molecular flexibility index (Phi) is 21.5. The first kappa shape index (κ1) is 24.7. The molecule has 0 aliphatic rings. The van der Waals surface area contributed by atoms with Crippen LogP contribution in [-0.4, -0.2) is 12.7 Å².